The summed E-state index contributed by atoms with van der Waals surface area (Å²) >= 11 is 12.0. The van der Waals surface area contributed by atoms with Crippen molar-refractivity contribution in [2.45, 2.75) is 37.0 Å². The van der Waals surface area contributed by atoms with Crippen LogP contribution in [-0.2, 0) is 18.9 Å². The van der Waals surface area contributed by atoms with E-state index in [-0.39, 0.29) is 13.2 Å². The normalized spacial score (nSPS) is 31.2. The van der Waals surface area contributed by atoms with Crippen LogP contribution in [-0.4, -0.2) is 47.8 Å². The van der Waals surface area contributed by atoms with Gasteiger partial charge in [0, 0.05) is 21.2 Å². The predicted octanol–water partition coefficient (Wildman–Crippen LogP) is 3.24. The second-order valence-corrected chi connectivity index (χ2v) is 7.60. The van der Waals surface area contributed by atoms with Crippen molar-refractivity contribution in [1.82, 2.24) is 0 Å². The predicted molar refractivity (Wildman–Crippen MR) is 102 cm³/mol. The maximum absolute atomic E-state index is 10.8. The summed E-state index contributed by atoms with van der Waals surface area (Å²) in [6.07, 6.45) is -4.53. The highest BCUT2D eigenvalue weighted by Gasteiger charge is 2.46. The third kappa shape index (κ3) is 4.20. The zero-order chi connectivity index (χ0) is 19.7. The summed E-state index contributed by atoms with van der Waals surface area (Å²) in [5, 5.41) is 21.6. The van der Waals surface area contributed by atoms with Crippen molar-refractivity contribution in [2.24, 2.45) is 0 Å². The van der Waals surface area contributed by atoms with E-state index in [1.54, 1.807) is 36.4 Å². The van der Waals surface area contributed by atoms with E-state index in [2.05, 4.69) is 0 Å². The fourth-order valence-electron chi connectivity index (χ4n) is 3.39. The molecule has 2 N–H and O–H groups in total. The van der Waals surface area contributed by atoms with Crippen LogP contribution in [0, 0.1) is 0 Å². The van der Waals surface area contributed by atoms with Gasteiger partial charge in [-0.15, -0.1) is 0 Å². The van der Waals surface area contributed by atoms with Crippen LogP contribution in [0.3, 0.4) is 0 Å². The highest BCUT2D eigenvalue weighted by atomic mass is 35.5. The Morgan fingerprint density at radius 3 is 2.18 bits per heavy atom. The van der Waals surface area contributed by atoms with E-state index in [1.165, 1.54) is 0 Å². The number of hydrogen-bond acceptors (Lipinski definition) is 6. The van der Waals surface area contributed by atoms with E-state index < -0.39 is 37.0 Å². The van der Waals surface area contributed by atoms with Gasteiger partial charge in [0.1, 0.15) is 24.4 Å². The first-order valence-electron chi connectivity index (χ1n) is 8.93. The molecule has 0 aromatic heterocycles. The van der Waals surface area contributed by atoms with E-state index in [9.17, 15) is 10.2 Å². The Hall–Kier alpha value is -1.22. The summed E-state index contributed by atoms with van der Waals surface area (Å²) in [6.45, 7) is -0.123. The molecule has 2 heterocycles. The maximum atomic E-state index is 10.8. The Morgan fingerprint density at radius 1 is 0.929 bits per heavy atom. The van der Waals surface area contributed by atoms with Crippen LogP contribution in [0.4, 0.5) is 0 Å². The first-order chi connectivity index (χ1) is 13.5. The monoisotopic (exact) mass is 426 g/mol. The topological polar surface area (TPSA) is 77.4 Å². The second kappa shape index (κ2) is 8.65. The lowest BCUT2D eigenvalue weighted by Gasteiger charge is -2.24. The van der Waals surface area contributed by atoms with Gasteiger partial charge >= 0.3 is 0 Å². The minimum Gasteiger partial charge on any atom is -0.394 e. The average Bonchev–Trinajstić information content (AvgIpc) is 3.35. The molecule has 6 nitrogen and oxygen atoms in total. The molecule has 2 aliphatic rings. The summed E-state index contributed by atoms with van der Waals surface area (Å²) in [4.78, 5) is 0. The van der Waals surface area contributed by atoms with Crippen molar-refractivity contribution in [2.75, 3.05) is 13.2 Å². The number of halogens is 2. The van der Waals surface area contributed by atoms with E-state index in [4.69, 9.17) is 42.1 Å². The van der Waals surface area contributed by atoms with E-state index in [1.807, 2.05) is 12.1 Å². The number of aliphatic hydroxyl groups is 2. The molecule has 2 aromatic rings. The fourth-order valence-corrected chi connectivity index (χ4v) is 3.79. The molecule has 0 radical (unpaired) electrons. The van der Waals surface area contributed by atoms with Gasteiger partial charge in [-0.05, 0) is 24.3 Å². The molecule has 28 heavy (non-hydrogen) atoms. The Morgan fingerprint density at radius 2 is 1.57 bits per heavy atom. The largest absolute Gasteiger partial charge is 0.394 e. The van der Waals surface area contributed by atoms with Crippen LogP contribution in [0.5, 0.6) is 0 Å². The Kier molecular flexibility index (Phi) is 6.20. The average molecular weight is 427 g/mol. The molecule has 0 bridgehead atoms. The van der Waals surface area contributed by atoms with Gasteiger partial charge in [-0.25, -0.2) is 0 Å². The van der Waals surface area contributed by atoms with Crippen LogP contribution in [0.25, 0.3) is 0 Å². The number of benzene rings is 2. The van der Waals surface area contributed by atoms with Gasteiger partial charge in [-0.2, -0.15) is 0 Å². The summed E-state index contributed by atoms with van der Waals surface area (Å²) in [5.41, 5.74) is 1.47. The Bertz CT molecular complexity index is 819. The summed E-state index contributed by atoms with van der Waals surface area (Å²) < 4.78 is 23.2. The smallest absolute Gasteiger partial charge is 0.185 e. The quantitative estimate of drug-likeness (QED) is 0.763. The summed E-state index contributed by atoms with van der Waals surface area (Å²) in [6, 6.07) is 14.2. The lowest BCUT2D eigenvalue weighted by molar-refractivity contribution is -0.125. The molecule has 0 aliphatic carbocycles. The van der Waals surface area contributed by atoms with Crippen molar-refractivity contribution < 1.29 is 29.2 Å². The molecule has 2 saturated heterocycles. The summed E-state index contributed by atoms with van der Waals surface area (Å²) in [5.74, 6) is 0. The van der Waals surface area contributed by atoms with E-state index >= 15 is 0 Å². The number of rotatable bonds is 5. The summed E-state index contributed by atoms with van der Waals surface area (Å²) in [7, 11) is 0. The first-order valence-corrected chi connectivity index (χ1v) is 9.68. The molecule has 0 spiro atoms. The highest BCUT2D eigenvalue weighted by Crippen LogP contribution is 2.37. The van der Waals surface area contributed by atoms with Gasteiger partial charge in [0.2, 0.25) is 0 Å². The first kappa shape index (κ1) is 20.1. The molecule has 2 aromatic carbocycles. The minimum absolute atomic E-state index is 0.179. The molecule has 8 heteroatoms. The zero-order valence-corrected chi connectivity index (χ0v) is 16.3. The van der Waals surface area contributed by atoms with Crippen LogP contribution >= 0.6 is 23.2 Å². The standard InChI is InChI=1S/C20H20Cl2O6/c21-13-5-1-3-11(7-13)19-25-10-16(27-19)17(24)18-15(9-23)26-20(28-18)12-4-2-6-14(22)8-12/h1-8,15-20,23-24H,9-10H2/t15-,16+,17+,18+,19?,20?/m0/s1. The lowest BCUT2D eigenvalue weighted by Crippen LogP contribution is -2.45. The molecule has 6 atom stereocenters. The van der Waals surface area contributed by atoms with Gasteiger partial charge in [0.15, 0.2) is 12.6 Å². The van der Waals surface area contributed by atoms with Crippen LogP contribution in [0.2, 0.25) is 10.0 Å². The van der Waals surface area contributed by atoms with Crippen LogP contribution in [0.1, 0.15) is 23.7 Å². The van der Waals surface area contributed by atoms with Gasteiger partial charge in [0.05, 0.1) is 13.2 Å². The molecule has 0 saturated carbocycles. The van der Waals surface area contributed by atoms with Gasteiger partial charge in [0.25, 0.3) is 0 Å². The molecule has 150 valence electrons. The number of ether oxygens (including phenoxy) is 4. The minimum atomic E-state index is -1.05. The van der Waals surface area contributed by atoms with Crippen LogP contribution in [0.15, 0.2) is 48.5 Å². The van der Waals surface area contributed by atoms with Crippen LogP contribution < -0.4 is 0 Å². The van der Waals surface area contributed by atoms with Gasteiger partial charge in [-0.3, -0.25) is 0 Å². The number of hydrogen-bond donors (Lipinski definition) is 2. The molecule has 2 unspecified atom stereocenters. The van der Waals surface area contributed by atoms with Crippen molar-refractivity contribution in [3.63, 3.8) is 0 Å². The third-order valence-corrected chi connectivity index (χ3v) is 5.27. The molecule has 2 aliphatic heterocycles. The molecule has 0 amide bonds. The molecule has 4 rings (SSSR count). The van der Waals surface area contributed by atoms with Gasteiger partial charge < -0.3 is 29.2 Å². The maximum Gasteiger partial charge on any atom is 0.185 e. The molecular weight excluding hydrogens is 407 g/mol. The van der Waals surface area contributed by atoms with Crippen molar-refractivity contribution in [3.05, 3.63) is 69.7 Å². The molecular formula is C20H20Cl2O6. The van der Waals surface area contributed by atoms with E-state index in [0.717, 1.165) is 5.56 Å². The SMILES string of the molecule is OC[C@@H]1OC(c2cccc(Cl)c2)O[C@H]1[C@H](O)[C@H]1COC(c2cccc(Cl)c2)O1. The zero-order valence-electron chi connectivity index (χ0n) is 14.8. The van der Waals surface area contributed by atoms with Crippen molar-refractivity contribution in [3.8, 4) is 0 Å². The lowest BCUT2D eigenvalue weighted by atomic mass is 10.0. The highest BCUT2D eigenvalue weighted by molar-refractivity contribution is 6.30. The van der Waals surface area contributed by atoms with Crippen molar-refractivity contribution >= 4 is 23.2 Å². The van der Waals surface area contributed by atoms with Crippen molar-refractivity contribution in [1.29, 1.82) is 0 Å². The second-order valence-electron chi connectivity index (χ2n) is 6.73. The van der Waals surface area contributed by atoms with Gasteiger partial charge in [-0.1, -0.05) is 47.5 Å². The Labute approximate surface area is 172 Å². The van der Waals surface area contributed by atoms with E-state index in [0.29, 0.717) is 15.6 Å². The third-order valence-electron chi connectivity index (χ3n) is 4.79. The fraction of sp³-hybridized carbons (Fsp3) is 0.400. The molecule has 2 fully saturated rings. The number of aliphatic hydroxyl groups excluding tert-OH is 2. The Balaban J connectivity index is 1.44.